The fourth-order valence-corrected chi connectivity index (χ4v) is 6.14. The molecule has 4 aromatic rings. The number of anilines is 2. The number of rotatable bonds is 9. The summed E-state index contributed by atoms with van der Waals surface area (Å²) >= 11 is 0. The number of aryl methyl sites for hydroxylation is 1. The number of imidazole rings is 1. The molecule has 15 heteroatoms. The summed E-state index contributed by atoms with van der Waals surface area (Å²) in [7, 11) is 0. The molecule has 6 rings (SSSR count). The maximum Gasteiger partial charge on any atom is 0.293 e. The molecule has 0 bridgehead atoms. The van der Waals surface area contributed by atoms with E-state index in [4.69, 9.17) is 14.7 Å². The number of piperazine rings is 1. The first-order valence-electron chi connectivity index (χ1n) is 15.4. The number of amides is 2. The normalized spacial score (nSPS) is 17.9. The van der Waals surface area contributed by atoms with Crippen LogP contribution in [-0.2, 0) is 14.3 Å². The molecule has 2 aliphatic rings. The Balaban J connectivity index is 1.13. The Bertz CT molecular complexity index is 1900. The molecule has 0 aliphatic carbocycles. The van der Waals surface area contributed by atoms with Crippen LogP contribution in [-0.4, -0.2) is 94.4 Å². The van der Waals surface area contributed by atoms with Crippen LogP contribution >= 0.6 is 0 Å². The number of nitrogens with zero attached hydrogens (tertiary/aromatic N) is 6. The fraction of sp³-hybridized carbons (Fsp3) is 0.333. The van der Waals surface area contributed by atoms with Crippen LogP contribution in [0.3, 0.4) is 0 Å². The van der Waals surface area contributed by atoms with Crippen molar-refractivity contribution < 1.29 is 32.6 Å². The Morgan fingerprint density at radius 3 is 2.67 bits per heavy atom. The minimum absolute atomic E-state index is 0.0484. The van der Waals surface area contributed by atoms with E-state index >= 15 is 4.39 Å². The summed E-state index contributed by atoms with van der Waals surface area (Å²) in [4.78, 5) is 49.8. The Labute approximate surface area is 274 Å². The van der Waals surface area contributed by atoms with Gasteiger partial charge in [-0.15, -0.1) is 0 Å². The summed E-state index contributed by atoms with van der Waals surface area (Å²) in [6.45, 7) is 4.42. The van der Waals surface area contributed by atoms with Crippen LogP contribution < -0.4 is 15.4 Å². The number of nitriles is 1. The highest BCUT2D eigenvalue weighted by Gasteiger charge is 2.36. The van der Waals surface area contributed by atoms with Crippen molar-refractivity contribution in [3.8, 4) is 23.1 Å². The van der Waals surface area contributed by atoms with E-state index < -0.39 is 30.3 Å². The minimum Gasteiger partial charge on any atom is -0.476 e. The van der Waals surface area contributed by atoms with Crippen LogP contribution in [0.4, 0.5) is 20.3 Å². The van der Waals surface area contributed by atoms with Crippen molar-refractivity contribution in [2.24, 2.45) is 5.92 Å². The van der Waals surface area contributed by atoms with Gasteiger partial charge >= 0.3 is 0 Å². The van der Waals surface area contributed by atoms with Crippen molar-refractivity contribution in [2.75, 3.05) is 51.2 Å². The zero-order chi connectivity index (χ0) is 33.8. The van der Waals surface area contributed by atoms with Crippen LogP contribution in [0.5, 0.6) is 5.75 Å². The third-order valence-corrected chi connectivity index (χ3v) is 8.62. The average molecular weight is 659 g/mol. The topological polar surface area (TPSA) is 154 Å². The smallest absolute Gasteiger partial charge is 0.293 e. The lowest BCUT2D eigenvalue weighted by molar-refractivity contribution is -0.149. The highest BCUT2D eigenvalue weighted by molar-refractivity contribution is 5.96. The van der Waals surface area contributed by atoms with Gasteiger partial charge in [-0.25, -0.2) is 14.4 Å². The number of hydrogen-bond donors (Lipinski definition) is 2. The SMILES string of the molecule is Cc1cc(Nc2nccn3c(-c4ccc(OCC#N)c(F)c4F)cnc23)ccc1C(=O)N1CCN(C(=O)[C@@H]2CCNC[C@@H]2OC=O)CC1. The lowest BCUT2D eigenvalue weighted by atomic mass is 9.93. The molecule has 0 saturated carbocycles. The highest BCUT2D eigenvalue weighted by atomic mass is 19.2. The molecule has 2 N–H and O–H groups in total. The second-order valence-electron chi connectivity index (χ2n) is 11.4. The van der Waals surface area contributed by atoms with Gasteiger partial charge in [0.2, 0.25) is 11.7 Å². The molecule has 0 spiro atoms. The number of fused-ring (bicyclic) bond motifs is 1. The number of nitrogens with one attached hydrogen (secondary N) is 2. The van der Waals surface area contributed by atoms with Crippen LogP contribution in [0.1, 0.15) is 22.3 Å². The summed E-state index contributed by atoms with van der Waals surface area (Å²) in [6.07, 6.45) is 4.55. The monoisotopic (exact) mass is 658 g/mol. The Morgan fingerprint density at radius 2 is 1.92 bits per heavy atom. The van der Waals surface area contributed by atoms with E-state index in [2.05, 4.69) is 20.6 Å². The number of aromatic nitrogens is 3. The average Bonchev–Trinajstić information content (AvgIpc) is 3.54. The summed E-state index contributed by atoms with van der Waals surface area (Å²) < 4.78 is 41.3. The van der Waals surface area contributed by atoms with Gasteiger partial charge in [0.15, 0.2) is 29.6 Å². The number of benzene rings is 2. The van der Waals surface area contributed by atoms with Gasteiger partial charge in [0.25, 0.3) is 12.4 Å². The molecule has 4 heterocycles. The first-order valence-corrected chi connectivity index (χ1v) is 15.4. The zero-order valence-corrected chi connectivity index (χ0v) is 26.0. The first-order chi connectivity index (χ1) is 23.3. The third kappa shape index (κ3) is 6.34. The van der Waals surface area contributed by atoms with Crippen LogP contribution in [0, 0.1) is 35.8 Å². The van der Waals surface area contributed by atoms with Crippen molar-refractivity contribution in [3.05, 3.63) is 71.7 Å². The Hall–Kier alpha value is -5.62. The highest BCUT2D eigenvalue weighted by Crippen LogP contribution is 2.32. The molecule has 2 fully saturated rings. The van der Waals surface area contributed by atoms with Crippen molar-refractivity contribution in [1.29, 1.82) is 5.26 Å². The predicted molar refractivity (Wildman–Crippen MR) is 168 cm³/mol. The van der Waals surface area contributed by atoms with E-state index in [1.165, 1.54) is 24.5 Å². The minimum atomic E-state index is -1.21. The van der Waals surface area contributed by atoms with E-state index in [0.29, 0.717) is 74.9 Å². The number of ether oxygens (including phenoxy) is 2. The number of halogens is 2. The molecule has 13 nitrogen and oxygen atoms in total. The summed E-state index contributed by atoms with van der Waals surface area (Å²) in [5.74, 6) is -2.96. The van der Waals surface area contributed by atoms with Crippen LogP contribution in [0.15, 0.2) is 48.9 Å². The molecular formula is C33H32F2N8O5. The van der Waals surface area contributed by atoms with E-state index in [-0.39, 0.29) is 28.8 Å². The number of carbonyl (C=O) groups excluding carboxylic acids is 3. The van der Waals surface area contributed by atoms with Crippen molar-refractivity contribution in [3.63, 3.8) is 0 Å². The first kappa shape index (κ1) is 32.3. The largest absolute Gasteiger partial charge is 0.476 e. The molecule has 0 unspecified atom stereocenters. The summed E-state index contributed by atoms with van der Waals surface area (Å²) in [5.41, 5.74) is 2.47. The van der Waals surface area contributed by atoms with Gasteiger partial charge in [-0.3, -0.25) is 18.8 Å². The maximum absolute atomic E-state index is 15.0. The number of carbonyl (C=O) groups is 3. The summed E-state index contributed by atoms with van der Waals surface area (Å²) in [6, 6.07) is 9.60. The van der Waals surface area contributed by atoms with Crippen molar-refractivity contribution in [2.45, 2.75) is 19.4 Å². The lowest BCUT2D eigenvalue weighted by Gasteiger charge is -2.39. The standard InChI is InChI=1S/C33H32F2N8O5/c1-20-16-21(2-3-22(20)32(45)41-11-13-42(14-12-41)33(46)24-6-8-37-18-27(24)48-19-44)40-30-31-39-17-25(43(31)10-9-38-30)23-4-5-26(47-15-7-36)29(35)28(23)34/h2-5,9-10,16-17,19,24,27,37H,6,8,11-15,18H2,1H3,(H,38,40)/t24-,27+/m1/s1. The van der Waals surface area contributed by atoms with Crippen LogP contribution in [0.25, 0.3) is 16.9 Å². The molecule has 248 valence electrons. The lowest BCUT2D eigenvalue weighted by Crippen LogP contribution is -2.55. The number of piperidine rings is 1. The molecule has 2 saturated heterocycles. The predicted octanol–water partition coefficient (Wildman–Crippen LogP) is 3.06. The molecule has 0 radical (unpaired) electrons. The van der Waals surface area contributed by atoms with Gasteiger partial charge in [0, 0.05) is 61.9 Å². The zero-order valence-electron chi connectivity index (χ0n) is 26.0. The van der Waals surface area contributed by atoms with Gasteiger partial charge in [0.1, 0.15) is 12.2 Å². The second kappa shape index (κ2) is 14.0. The fourth-order valence-electron chi connectivity index (χ4n) is 6.14. The van der Waals surface area contributed by atoms with Crippen molar-refractivity contribution >= 4 is 35.4 Å². The second-order valence-corrected chi connectivity index (χ2v) is 11.4. The van der Waals surface area contributed by atoms with E-state index in [1.807, 2.05) is 6.92 Å². The molecule has 2 atom stereocenters. The van der Waals surface area contributed by atoms with Gasteiger partial charge in [-0.05, 0) is 55.8 Å². The quantitative estimate of drug-likeness (QED) is 0.257. The maximum atomic E-state index is 15.0. The number of hydrogen-bond acceptors (Lipinski definition) is 10. The van der Waals surface area contributed by atoms with Gasteiger partial charge in [0.05, 0.1) is 17.8 Å². The molecule has 2 aromatic heterocycles. The molecular weight excluding hydrogens is 626 g/mol. The van der Waals surface area contributed by atoms with Gasteiger partial charge in [-0.2, -0.15) is 9.65 Å². The van der Waals surface area contributed by atoms with Crippen molar-refractivity contribution in [1.82, 2.24) is 29.5 Å². The Morgan fingerprint density at radius 1 is 1.12 bits per heavy atom. The molecule has 2 aromatic carbocycles. The summed E-state index contributed by atoms with van der Waals surface area (Å²) in [5, 5.41) is 15.0. The molecule has 2 aliphatic heterocycles. The van der Waals surface area contributed by atoms with Gasteiger partial charge < -0.3 is 29.9 Å². The van der Waals surface area contributed by atoms with Gasteiger partial charge in [-0.1, -0.05) is 0 Å². The Kier molecular flexibility index (Phi) is 9.44. The van der Waals surface area contributed by atoms with E-state index in [0.717, 1.165) is 5.56 Å². The third-order valence-electron chi connectivity index (χ3n) is 8.62. The van der Waals surface area contributed by atoms with Crippen LogP contribution in [0.2, 0.25) is 0 Å². The molecule has 2 amide bonds. The molecule has 48 heavy (non-hydrogen) atoms. The van der Waals surface area contributed by atoms with E-state index in [9.17, 15) is 18.8 Å². The van der Waals surface area contributed by atoms with E-state index in [1.54, 1.807) is 44.7 Å².